The van der Waals surface area contributed by atoms with Gasteiger partial charge in [0.15, 0.2) is 0 Å². The molecule has 0 bridgehead atoms. The van der Waals surface area contributed by atoms with Crippen molar-refractivity contribution in [2.24, 2.45) is 0 Å². The number of alkyl halides is 1. The molecule has 1 saturated heterocycles. The highest BCUT2D eigenvalue weighted by Gasteiger charge is 2.44. The predicted molar refractivity (Wildman–Crippen MR) is 131 cm³/mol. The average Bonchev–Trinajstić information content (AvgIpc) is 3.27. The summed E-state index contributed by atoms with van der Waals surface area (Å²) in [5, 5.41) is 30.5. The summed E-state index contributed by atoms with van der Waals surface area (Å²) in [6, 6.07) is 11.2. The second kappa shape index (κ2) is 9.87. The van der Waals surface area contributed by atoms with Crippen molar-refractivity contribution >= 4 is 22.6 Å². The van der Waals surface area contributed by atoms with Gasteiger partial charge in [0, 0.05) is 0 Å². The topological polar surface area (TPSA) is 69.9 Å². The zero-order chi connectivity index (χ0) is 22.1. The highest BCUT2D eigenvalue weighted by molar-refractivity contribution is 14.1. The van der Waals surface area contributed by atoms with Gasteiger partial charge < -0.3 is 20.1 Å². The van der Waals surface area contributed by atoms with E-state index in [1.807, 2.05) is 0 Å². The van der Waals surface area contributed by atoms with Gasteiger partial charge in [-0.1, -0.05) is 66.3 Å². The van der Waals surface area contributed by atoms with Gasteiger partial charge in [0.05, 0.1) is 22.7 Å². The summed E-state index contributed by atoms with van der Waals surface area (Å²) >= 11 is 2.18. The van der Waals surface area contributed by atoms with E-state index in [1.54, 1.807) is 0 Å². The summed E-state index contributed by atoms with van der Waals surface area (Å²) in [5.74, 6) is 0. The fourth-order valence-electron chi connectivity index (χ4n) is 5.18. The van der Waals surface area contributed by atoms with Crippen molar-refractivity contribution in [3.63, 3.8) is 0 Å². The maximum atomic E-state index is 10.6. The molecule has 31 heavy (non-hydrogen) atoms. The molecule has 2 aromatic carbocycles. The van der Waals surface area contributed by atoms with Crippen LogP contribution in [0.25, 0.3) is 0 Å². The van der Waals surface area contributed by atoms with Gasteiger partial charge in [-0.3, -0.25) is 0 Å². The second-order valence-corrected chi connectivity index (χ2v) is 10.4. The molecular weight excluding hydrogens is 503 g/mol. The zero-order valence-corrected chi connectivity index (χ0v) is 20.5. The minimum absolute atomic E-state index is 0.283. The number of hydrogen-bond donors (Lipinski definition) is 3. The van der Waals surface area contributed by atoms with E-state index in [4.69, 9.17) is 4.74 Å². The maximum Gasteiger partial charge on any atom is 0.110 e. The van der Waals surface area contributed by atoms with Crippen molar-refractivity contribution in [3.05, 3.63) is 69.3 Å². The molecule has 4 nitrogen and oxygen atoms in total. The van der Waals surface area contributed by atoms with E-state index in [2.05, 4.69) is 66.8 Å². The molecule has 3 N–H and O–H groups in total. The molecule has 0 spiro atoms. The van der Waals surface area contributed by atoms with Crippen LogP contribution in [0.2, 0.25) is 0 Å². The lowest BCUT2D eigenvalue weighted by Gasteiger charge is -2.41. The first-order valence-corrected chi connectivity index (χ1v) is 12.7. The average molecular weight is 536 g/mol. The molecule has 0 amide bonds. The van der Waals surface area contributed by atoms with E-state index in [0.717, 1.165) is 37.7 Å². The Morgan fingerprint density at radius 3 is 2.39 bits per heavy atom. The van der Waals surface area contributed by atoms with Crippen LogP contribution in [0.3, 0.4) is 0 Å². The van der Waals surface area contributed by atoms with Crippen molar-refractivity contribution in [2.45, 2.75) is 80.7 Å². The molecule has 5 atom stereocenters. The summed E-state index contributed by atoms with van der Waals surface area (Å²) in [6.45, 7) is 4.05. The van der Waals surface area contributed by atoms with E-state index in [9.17, 15) is 15.3 Å². The summed E-state index contributed by atoms with van der Waals surface area (Å²) in [5.41, 5.74) is 9.24. The molecular formula is C26H33IO4. The van der Waals surface area contributed by atoms with Crippen LogP contribution >= 0.6 is 22.6 Å². The van der Waals surface area contributed by atoms with E-state index in [1.165, 1.54) is 39.8 Å². The number of aryl methyl sites for hydroxylation is 1. The molecule has 0 aromatic heterocycles. The number of aliphatic hydroxyl groups is 3. The summed E-state index contributed by atoms with van der Waals surface area (Å²) in [6.07, 6.45) is 3.38. The number of benzene rings is 2. The van der Waals surface area contributed by atoms with Gasteiger partial charge in [0.2, 0.25) is 0 Å². The van der Waals surface area contributed by atoms with Gasteiger partial charge >= 0.3 is 0 Å². The summed E-state index contributed by atoms with van der Waals surface area (Å²) in [7, 11) is 0. The predicted octanol–water partition coefficient (Wildman–Crippen LogP) is 3.98. The van der Waals surface area contributed by atoms with Crippen molar-refractivity contribution in [2.75, 3.05) is 6.61 Å². The van der Waals surface area contributed by atoms with Crippen molar-refractivity contribution < 1.29 is 20.1 Å². The van der Waals surface area contributed by atoms with Crippen LogP contribution in [0.1, 0.15) is 64.8 Å². The Hall–Kier alpha value is -0.990. The first-order chi connectivity index (χ1) is 14.9. The van der Waals surface area contributed by atoms with Crippen molar-refractivity contribution in [3.8, 4) is 0 Å². The first kappa shape index (κ1) is 23.2. The van der Waals surface area contributed by atoms with Crippen molar-refractivity contribution in [1.29, 1.82) is 0 Å². The van der Waals surface area contributed by atoms with Gasteiger partial charge in [-0.05, 0) is 78.0 Å². The van der Waals surface area contributed by atoms with Gasteiger partial charge in [-0.2, -0.15) is 0 Å². The molecule has 4 rings (SSSR count). The molecule has 1 unspecified atom stereocenters. The van der Waals surface area contributed by atoms with E-state index < -0.39 is 18.3 Å². The Kier molecular flexibility index (Phi) is 7.38. The Bertz CT molecular complexity index is 909. The molecule has 0 saturated carbocycles. The van der Waals surface area contributed by atoms with E-state index in [-0.39, 0.29) is 16.6 Å². The number of aliphatic hydroxyl groups excluding tert-OH is 3. The SMILES string of the molecule is CCCc1ccc(Cc2cc([C@@H]3O[C@H](CO)C(O)[C@H](O)[C@@H]3I)c(C)c3c2CCC3)cc1. The molecule has 168 valence electrons. The van der Waals surface area contributed by atoms with Crippen LogP contribution in [0.5, 0.6) is 0 Å². The molecule has 2 aromatic rings. The number of rotatable bonds is 6. The van der Waals surface area contributed by atoms with Gasteiger partial charge in [-0.25, -0.2) is 0 Å². The van der Waals surface area contributed by atoms with Crippen LogP contribution in [-0.2, 0) is 30.4 Å². The van der Waals surface area contributed by atoms with Crippen LogP contribution in [0.4, 0.5) is 0 Å². The highest BCUT2D eigenvalue weighted by atomic mass is 127. The molecule has 5 heteroatoms. The second-order valence-electron chi connectivity index (χ2n) is 9.01. The maximum absolute atomic E-state index is 10.6. The summed E-state index contributed by atoms with van der Waals surface area (Å²) in [4.78, 5) is 0. The minimum Gasteiger partial charge on any atom is -0.394 e. The van der Waals surface area contributed by atoms with Gasteiger partial charge in [0.25, 0.3) is 0 Å². The molecule has 2 aliphatic rings. The Morgan fingerprint density at radius 2 is 1.71 bits per heavy atom. The molecule has 1 aliphatic carbocycles. The summed E-state index contributed by atoms with van der Waals surface area (Å²) < 4.78 is 5.85. The molecule has 1 aliphatic heterocycles. The molecule has 0 radical (unpaired) electrons. The third kappa shape index (κ3) is 4.58. The highest BCUT2D eigenvalue weighted by Crippen LogP contribution is 2.42. The number of fused-ring (bicyclic) bond motifs is 1. The number of halogens is 1. The first-order valence-electron chi connectivity index (χ1n) is 11.4. The van der Waals surface area contributed by atoms with E-state index >= 15 is 0 Å². The largest absolute Gasteiger partial charge is 0.394 e. The Balaban J connectivity index is 1.69. The third-order valence-electron chi connectivity index (χ3n) is 6.93. The monoisotopic (exact) mass is 536 g/mol. The van der Waals surface area contributed by atoms with Crippen molar-refractivity contribution in [1.82, 2.24) is 0 Å². The van der Waals surface area contributed by atoms with Crippen LogP contribution < -0.4 is 0 Å². The smallest absolute Gasteiger partial charge is 0.110 e. The zero-order valence-electron chi connectivity index (χ0n) is 18.4. The van der Waals surface area contributed by atoms with Gasteiger partial charge in [-0.15, -0.1) is 0 Å². The minimum atomic E-state index is -1.07. The standard InChI is InChI=1S/C26H33IO4/c1-3-5-16-8-10-17(11-9-16)12-18-13-21(15(2)19-6-4-7-20(18)19)26-23(27)25(30)24(29)22(14-28)31-26/h8-11,13,22-26,28-30H,3-7,12,14H2,1-2H3/t22-,23+,24?,25-,26+/m1/s1. The molecule has 1 heterocycles. The fourth-order valence-corrected chi connectivity index (χ4v) is 6.16. The van der Waals surface area contributed by atoms with E-state index in [0.29, 0.717) is 0 Å². The normalized spacial score (nSPS) is 28.0. The van der Waals surface area contributed by atoms with Crippen LogP contribution in [0, 0.1) is 6.92 Å². The van der Waals surface area contributed by atoms with Crippen LogP contribution in [-0.4, -0.2) is 44.2 Å². The lowest BCUT2D eigenvalue weighted by Crippen LogP contribution is -2.53. The number of hydrogen-bond acceptors (Lipinski definition) is 4. The quantitative estimate of drug-likeness (QED) is 0.386. The number of ether oxygens (including phenoxy) is 1. The third-order valence-corrected chi connectivity index (χ3v) is 8.32. The molecule has 1 fully saturated rings. The Morgan fingerprint density at radius 1 is 1.03 bits per heavy atom. The lowest BCUT2D eigenvalue weighted by atomic mass is 9.85. The lowest BCUT2D eigenvalue weighted by molar-refractivity contribution is -0.174. The van der Waals surface area contributed by atoms with Gasteiger partial charge in [0.1, 0.15) is 12.2 Å². The van der Waals surface area contributed by atoms with Crippen LogP contribution in [0.15, 0.2) is 30.3 Å². The Labute approximate surface area is 198 Å². The fraction of sp³-hybridized carbons (Fsp3) is 0.538.